The van der Waals surface area contributed by atoms with E-state index < -0.39 is 0 Å². The molecular formula is C12H19N3O. The maximum atomic E-state index is 8.47. The molecule has 4 nitrogen and oxygen atoms in total. The van der Waals surface area contributed by atoms with Crippen molar-refractivity contribution in [1.82, 2.24) is 5.32 Å². The summed E-state index contributed by atoms with van der Waals surface area (Å²) >= 11 is 0. The minimum absolute atomic E-state index is 0.172. The number of nitrogens with one attached hydrogen (secondary N) is 1. The average molecular weight is 221 g/mol. The second-order valence-electron chi connectivity index (χ2n) is 4.00. The van der Waals surface area contributed by atoms with Gasteiger partial charge in [-0.25, -0.2) is 0 Å². The second-order valence-corrected chi connectivity index (χ2v) is 4.00. The molecule has 0 radical (unpaired) electrons. The molecule has 0 aliphatic carbocycles. The smallest absolute Gasteiger partial charge is 0.140 e. The van der Waals surface area contributed by atoms with Crippen LogP contribution >= 0.6 is 0 Å². The third-order valence-electron chi connectivity index (χ3n) is 2.48. The second kappa shape index (κ2) is 6.12. The molecule has 1 unspecified atom stereocenters. The van der Waals surface area contributed by atoms with Crippen LogP contribution in [0.3, 0.4) is 0 Å². The van der Waals surface area contributed by atoms with Crippen molar-refractivity contribution in [2.45, 2.75) is 32.4 Å². The molecule has 0 aliphatic heterocycles. The summed E-state index contributed by atoms with van der Waals surface area (Å²) < 4.78 is 0. The van der Waals surface area contributed by atoms with Crippen LogP contribution in [0, 0.1) is 0 Å². The lowest BCUT2D eigenvalue weighted by atomic mass is 10.1. The number of nitrogens with two attached hydrogens (primary N) is 1. The van der Waals surface area contributed by atoms with Crippen LogP contribution in [-0.2, 0) is 0 Å². The monoisotopic (exact) mass is 221 g/mol. The molecule has 0 aliphatic rings. The Balaban J connectivity index is 2.48. The SMILES string of the molecule is CC(CC(N)=NO)N[C@H](C)c1ccccc1. The van der Waals surface area contributed by atoms with Gasteiger partial charge in [-0.1, -0.05) is 35.5 Å². The minimum atomic E-state index is 0.172. The van der Waals surface area contributed by atoms with E-state index in [1.165, 1.54) is 5.56 Å². The molecule has 88 valence electrons. The molecule has 0 bridgehead atoms. The van der Waals surface area contributed by atoms with Crippen LogP contribution in [0.5, 0.6) is 0 Å². The predicted molar refractivity (Wildman–Crippen MR) is 65.5 cm³/mol. The summed E-state index contributed by atoms with van der Waals surface area (Å²) in [6.07, 6.45) is 0.535. The summed E-state index contributed by atoms with van der Waals surface area (Å²) in [4.78, 5) is 0. The van der Waals surface area contributed by atoms with Crippen LogP contribution in [0.2, 0.25) is 0 Å². The highest BCUT2D eigenvalue weighted by atomic mass is 16.4. The van der Waals surface area contributed by atoms with E-state index in [0.717, 1.165) is 0 Å². The molecule has 4 N–H and O–H groups in total. The lowest BCUT2D eigenvalue weighted by Crippen LogP contribution is -2.33. The first-order chi connectivity index (χ1) is 7.63. The number of amidine groups is 1. The van der Waals surface area contributed by atoms with Crippen molar-refractivity contribution in [3.8, 4) is 0 Å². The van der Waals surface area contributed by atoms with Gasteiger partial charge < -0.3 is 16.3 Å². The summed E-state index contributed by atoms with van der Waals surface area (Å²) in [5, 5.41) is 14.8. The Morgan fingerprint density at radius 3 is 2.56 bits per heavy atom. The average Bonchev–Trinajstić information content (AvgIpc) is 2.29. The van der Waals surface area contributed by atoms with Gasteiger partial charge in [-0.15, -0.1) is 0 Å². The zero-order valence-corrected chi connectivity index (χ0v) is 9.72. The fraction of sp³-hybridized carbons (Fsp3) is 0.417. The van der Waals surface area contributed by atoms with Gasteiger partial charge in [-0.2, -0.15) is 0 Å². The van der Waals surface area contributed by atoms with Crippen LogP contribution in [0.25, 0.3) is 0 Å². The van der Waals surface area contributed by atoms with E-state index in [0.29, 0.717) is 6.42 Å². The molecule has 0 spiro atoms. The van der Waals surface area contributed by atoms with Gasteiger partial charge in [-0.05, 0) is 19.4 Å². The third-order valence-corrected chi connectivity index (χ3v) is 2.48. The minimum Gasteiger partial charge on any atom is -0.409 e. The Hall–Kier alpha value is -1.55. The van der Waals surface area contributed by atoms with Crippen LogP contribution in [0.15, 0.2) is 35.5 Å². The number of benzene rings is 1. The van der Waals surface area contributed by atoms with Crippen molar-refractivity contribution in [1.29, 1.82) is 0 Å². The molecule has 0 saturated carbocycles. The van der Waals surface area contributed by atoms with Crippen molar-refractivity contribution >= 4 is 5.84 Å². The summed E-state index contributed by atoms with van der Waals surface area (Å²) in [6.45, 7) is 4.11. The first-order valence-corrected chi connectivity index (χ1v) is 5.41. The largest absolute Gasteiger partial charge is 0.409 e. The fourth-order valence-electron chi connectivity index (χ4n) is 1.68. The van der Waals surface area contributed by atoms with E-state index in [4.69, 9.17) is 10.9 Å². The number of hydrogen-bond acceptors (Lipinski definition) is 3. The molecule has 0 amide bonds. The first kappa shape index (κ1) is 12.5. The van der Waals surface area contributed by atoms with Crippen molar-refractivity contribution in [3.05, 3.63) is 35.9 Å². The number of rotatable bonds is 5. The van der Waals surface area contributed by atoms with E-state index in [-0.39, 0.29) is 17.9 Å². The Bertz CT molecular complexity index is 337. The molecule has 0 aromatic heterocycles. The normalized spacial score (nSPS) is 15.8. The molecule has 0 fully saturated rings. The van der Waals surface area contributed by atoms with E-state index >= 15 is 0 Å². The molecule has 1 aromatic carbocycles. The topological polar surface area (TPSA) is 70.6 Å². The Labute approximate surface area is 96.2 Å². The van der Waals surface area contributed by atoms with E-state index in [2.05, 4.69) is 29.5 Å². The van der Waals surface area contributed by atoms with Gasteiger partial charge in [0.25, 0.3) is 0 Å². The van der Waals surface area contributed by atoms with Crippen molar-refractivity contribution < 1.29 is 5.21 Å². The van der Waals surface area contributed by atoms with Crippen LogP contribution < -0.4 is 11.1 Å². The lowest BCUT2D eigenvalue weighted by Gasteiger charge is -2.19. The van der Waals surface area contributed by atoms with E-state index in [9.17, 15) is 0 Å². The first-order valence-electron chi connectivity index (χ1n) is 5.41. The van der Waals surface area contributed by atoms with Gasteiger partial charge in [0.1, 0.15) is 5.84 Å². The summed E-state index contributed by atoms with van der Waals surface area (Å²) in [5.74, 6) is 0.250. The molecule has 1 aromatic rings. The number of hydrogen-bond donors (Lipinski definition) is 3. The van der Waals surface area contributed by atoms with Gasteiger partial charge >= 0.3 is 0 Å². The fourth-order valence-corrected chi connectivity index (χ4v) is 1.68. The van der Waals surface area contributed by atoms with Crippen molar-refractivity contribution in [2.24, 2.45) is 10.9 Å². The van der Waals surface area contributed by atoms with Gasteiger partial charge in [-0.3, -0.25) is 0 Å². The molecule has 2 atom stereocenters. The van der Waals surface area contributed by atoms with Gasteiger partial charge in [0.05, 0.1) is 0 Å². The highest BCUT2D eigenvalue weighted by molar-refractivity contribution is 5.80. The van der Waals surface area contributed by atoms with E-state index in [1.807, 2.05) is 25.1 Å². The third kappa shape index (κ3) is 3.90. The molecular weight excluding hydrogens is 202 g/mol. The number of oxime groups is 1. The standard InChI is InChI=1S/C12H19N3O/c1-9(8-12(13)15-16)14-10(2)11-6-4-3-5-7-11/h3-7,9-10,14,16H,8H2,1-2H3,(H2,13,15)/t9?,10-/m1/s1. The Kier molecular flexibility index (Phi) is 4.79. The zero-order valence-electron chi connectivity index (χ0n) is 9.72. The summed E-state index contributed by atoms with van der Waals surface area (Å²) in [5.41, 5.74) is 6.68. The Morgan fingerprint density at radius 2 is 2.00 bits per heavy atom. The summed E-state index contributed by atoms with van der Waals surface area (Å²) in [6, 6.07) is 10.6. The van der Waals surface area contributed by atoms with Crippen molar-refractivity contribution in [3.63, 3.8) is 0 Å². The highest BCUT2D eigenvalue weighted by Gasteiger charge is 2.10. The van der Waals surface area contributed by atoms with Gasteiger partial charge in [0.15, 0.2) is 0 Å². The van der Waals surface area contributed by atoms with Crippen LogP contribution in [0.1, 0.15) is 31.9 Å². The maximum absolute atomic E-state index is 8.47. The Morgan fingerprint density at radius 1 is 1.38 bits per heavy atom. The van der Waals surface area contributed by atoms with Gasteiger partial charge in [0.2, 0.25) is 0 Å². The predicted octanol–water partition coefficient (Wildman–Crippen LogP) is 1.86. The van der Waals surface area contributed by atoms with Crippen molar-refractivity contribution in [2.75, 3.05) is 0 Å². The van der Waals surface area contributed by atoms with Crippen LogP contribution in [0.4, 0.5) is 0 Å². The molecule has 0 heterocycles. The molecule has 4 heteroatoms. The molecule has 16 heavy (non-hydrogen) atoms. The summed E-state index contributed by atoms with van der Waals surface area (Å²) in [7, 11) is 0. The molecule has 1 rings (SSSR count). The maximum Gasteiger partial charge on any atom is 0.140 e. The number of nitrogens with zero attached hydrogens (tertiary/aromatic N) is 1. The zero-order chi connectivity index (χ0) is 12.0. The quantitative estimate of drug-likeness (QED) is 0.307. The molecule has 0 saturated heterocycles. The highest BCUT2D eigenvalue weighted by Crippen LogP contribution is 2.12. The van der Waals surface area contributed by atoms with E-state index in [1.54, 1.807) is 0 Å². The van der Waals surface area contributed by atoms with Gasteiger partial charge in [0, 0.05) is 18.5 Å². The lowest BCUT2D eigenvalue weighted by molar-refractivity contribution is 0.315. The van der Waals surface area contributed by atoms with Crippen LogP contribution in [-0.4, -0.2) is 17.1 Å².